The number of hydrogen-bond acceptors (Lipinski definition) is 4. The molecule has 7 heteroatoms. The Bertz CT molecular complexity index is 953. The maximum absolute atomic E-state index is 12.6. The van der Waals surface area contributed by atoms with Gasteiger partial charge in [0.05, 0.1) is 5.56 Å². The topological polar surface area (TPSA) is 83.6 Å². The molecule has 0 unspecified atom stereocenters. The molecule has 0 aromatic heterocycles. The Morgan fingerprint density at radius 1 is 1.12 bits per heavy atom. The van der Waals surface area contributed by atoms with Crippen molar-refractivity contribution in [1.29, 1.82) is 0 Å². The van der Waals surface area contributed by atoms with Crippen molar-refractivity contribution in [3.8, 4) is 0 Å². The van der Waals surface area contributed by atoms with Crippen LogP contribution in [0.15, 0.2) is 53.4 Å². The molecular weight excluding hydrogens is 340 g/mol. The van der Waals surface area contributed by atoms with Crippen molar-refractivity contribution in [2.24, 2.45) is 0 Å². The molecule has 2 amide bonds. The van der Waals surface area contributed by atoms with Crippen LogP contribution in [0.2, 0.25) is 0 Å². The van der Waals surface area contributed by atoms with Gasteiger partial charge in [0.25, 0.3) is 15.9 Å². The summed E-state index contributed by atoms with van der Waals surface area (Å²) in [5.41, 5.74) is 1.64. The first-order valence-electron chi connectivity index (χ1n) is 7.94. The number of anilines is 1. The van der Waals surface area contributed by atoms with Gasteiger partial charge < -0.3 is 5.32 Å². The number of benzene rings is 2. The van der Waals surface area contributed by atoms with E-state index in [1.165, 1.54) is 19.1 Å². The first-order chi connectivity index (χ1) is 11.9. The third-order valence-corrected chi connectivity index (χ3v) is 6.15. The van der Waals surface area contributed by atoms with Crippen molar-refractivity contribution in [1.82, 2.24) is 4.31 Å². The molecule has 2 aromatic carbocycles. The van der Waals surface area contributed by atoms with Crippen molar-refractivity contribution < 1.29 is 18.0 Å². The molecule has 0 spiro atoms. The third-order valence-electron chi connectivity index (χ3n) is 4.24. The number of hydrogen-bond donors (Lipinski definition) is 1. The quantitative estimate of drug-likeness (QED) is 0.910. The fourth-order valence-electron chi connectivity index (χ4n) is 2.88. The zero-order valence-electron chi connectivity index (χ0n) is 13.9. The number of nitrogens with one attached hydrogen (secondary N) is 1. The molecule has 0 radical (unpaired) electrons. The SMILES string of the molecule is CCc1ccccc1NC(=O)[C@@H](C)N1C(=O)c2ccccc2S1(=O)=O. The fraction of sp³-hybridized carbons (Fsp3) is 0.222. The monoisotopic (exact) mass is 358 g/mol. The van der Waals surface area contributed by atoms with E-state index < -0.39 is 27.9 Å². The van der Waals surface area contributed by atoms with E-state index in [-0.39, 0.29) is 10.5 Å². The molecule has 2 aromatic rings. The average molecular weight is 358 g/mol. The largest absolute Gasteiger partial charge is 0.324 e. The number of carbonyl (C=O) groups excluding carboxylic acids is 2. The Morgan fingerprint density at radius 3 is 2.44 bits per heavy atom. The number of para-hydroxylation sites is 1. The lowest BCUT2D eigenvalue weighted by Gasteiger charge is -2.23. The average Bonchev–Trinajstić information content (AvgIpc) is 2.81. The van der Waals surface area contributed by atoms with E-state index in [4.69, 9.17) is 0 Å². The van der Waals surface area contributed by atoms with E-state index in [2.05, 4.69) is 5.32 Å². The van der Waals surface area contributed by atoms with Crippen LogP contribution in [0.3, 0.4) is 0 Å². The summed E-state index contributed by atoms with van der Waals surface area (Å²) in [5.74, 6) is -1.23. The van der Waals surface area contributed by atoms with Crippen molar-refractivity contribution in [2.45, 2.75) is 31.2 Å². The van der Waals surface area contributed by atoms with Gasteiger partial charge in [0.15, 0.2) is 0 Å². The zero-order chi connectivity index (χ0) is 18.2. The molecule has 1 atom stereocenters. The lowest BCUT2D eigenvalue weighted by molar-refractivity contribution is -0.118. The summed E-state index contributed by atoms with van der Waals surface area (Å²) >= 11 is 0. The van der Waals surface area contributed by atoms with Crippen molar-refractivity contribution >= 4 is 27.5 Å². The maximum atomic E-state index is 12.6. The van der Waals surface area contributed by atoms with Gasteiger partial charge in [-0.25, -0.2) is 12.7 Å². The number of sulfonamides is 1. The summed E-state index contributed by atoms with van der Waals surface area (Å²) in [4.78, 5) is 25.0. The van der Waals surface area contributed by atoms with Crippen molar-refractivity contribution in [3.05, 3.63) is 59.7 Å². The Hall–Kier alpha value is -2.67. The normalized spacial score (nSPS) is 16.4. The Labute approximate surface area is 146 Å². The van der Waals surface area contributed by atoms with E-state index >= 15 is 0 Å². The molecule has 0 saturated heterocycles. The highest BCUT2D eigenvalue weighted by Gasteiger charge is 2.45. The minimum atomic E-state index is -4.02. The number of rotatable bonds is 4. The van der Waals surface area contributed by atoms with Crippen LogP contribution in [-0.4, -0.2) is 30.6 Å². The third kappa shape index (κ3) is 2.80. The van der Waals surface area contributed by atoms with Gasteiger partial charge in [-0.05, 0) is 37.1 Å². The molecule has 1 heterocycles. The molecule has 0 saturated carbocycles. The first-order valence-corrected chi connectivity index (χ1v) is 9.38. The highest BCUT2D eigenvalue weighted by molar-refractivity contribution is 7.90. The van der Waals surface area contributed by atoms with Gasteiger partial charge >= 0.3 is 0 Å². The van der Waals surface area contributed by atoms with Gasteiger partial charge in [-0.1, -0.05) is 37.3 Å². The highest BCUT2D eigenvalue weighted by atomic mass is 32.2. The number of aryl methyl sites for hydroxylation is 1. The Balaban J connectivity index is 1.90. The van der Waals surface area contributed by atoms with E-state index in [1.54, 1.807) is 24.3 Å². The van der Waals surface area contributed by atoms with E-state index in [9.17, 15) is 18.0 Å². The summed E-state index contributed by atoms with van der Waals surface area (Å²) in [6, 6.07) is 12.1. The van der Waals surface area contributed by atoms with Crippen LogP contribution in [0.25, 0.3) is 0 Å². The second-order valence-corrected chi connectivity index (χ2v) is 7.56. The molecule has 3 rings (SSSR count). The van der Waals surface area contributed by atoms with Gasteiger partial charge in [0.1, 0.15) is 10.9 Å². The molecule has 1 aliphatic heterocycles. The second kappa shape index (κ2) is 6.33. The molecule has 130 valence electrons. The standard InChI is InChI=1S/C18H18N2O4S/c1-3-13-8-4-6-10-15(13)19-17(21)12(2)20-18(22)14-9-5-7-11-16(14)25(20,23)24/h4-12H,3H2,1-2H3,(H,19,21)/t12-/m1/s1. The smallest absolute Gasteiger partial charge is 0.269 e. The van der Waals surface area contributed by atoms with Crippen LogP contribution < -0.4 is 5.32 Å². The molecule has 25 heavy (non-hydrogen) atoms. The van der Waals surface area contributed by atoms with Crippen molar-refractivity contribution in [3.63, 3.8) is 0 Å². The van der Waals surface area contributed by atoms with Crippen LogP contribution >= 0.6 is 0 Å². The highest BCUT2D eigenvalue weighted by Crippen LogP contribution is 2.32. The van der Waals surface area contributed by atoms with Gasteiger partial charge in [0, 0.05) is 5.69 Å². The molecule has 0 fully saturated rings. The number of nitrogens with zero attached hydrogens (tertiary/aromatic N) is 1. The summed E-state index contributed by atoms with van der Waals surface area (Å²) in [6.45, 7) is 3.37. The Kier molecular flexibility index (Phi) is 4.34. The van der Waals surface area contributed by atoms with Crippen LogP contribution in [0.5, 0.6) is 0 Å². The van der Waals surface area contributed by atoms with Crippen LogP contribution in [0.4, 0.5) is 5.69 Å². The maximum Gasteiger partial charge on any atom is 0.269 e. The van der Waals surface area contributed by atoms with Crippen LogP contribution in [0.1, 0.15) is 29.8 Å². The Morgan fingerprint density at radius 2 is 1.76 bits per heavy atom. The fourth-order valence-corrected chi connectivity index (χ4v) is 4.60. The predicted octanol–water partition coefficient (Wildman–Crippen LogP) is 2.42. The molecule has 0 aliphatic carbocycles. The predicted molar refractivity (Wildman–Crippen MR) is 93.7 cm³/mol. The molecule has 0 bridgehead atoms. The number of carbonyl (C=O) groups is 2. The van der Waals surface area contributed by atoms with Gasteiger partial charge in [-0.3, -0.25) is 9.59 Å². The second-order valence-electron chi connectivity index (χ2n) is 5.78. The summed E-state index contributed by atoms with van der Waals surface area (Å²) in [7, 11) is -4.02. The lowest BCUT2D eigenvalue weighted by atomic mass is 10.1. The number of fused-ring (bicyclic) bond motifs is 1. The van der Waals surface area contributed by atoms with Gasteiger partial charge in [-0.15, -0.1) is 0 Å². The van der Waals surface area contributed by atoms with E-state index in [0.29, 0.717) is 9.99 Å². The number of amides is 2. The molecule has 1 aliphatic rings. The molecule has 1 N–H and O–H groups in total. The summed E-state index contributed by atoms with van der Waals surface area (Å²) in [5, 5.41) is 2.73. The van der Waals surface area contributed by atoms with Crippen LogP contribution in [-0.2, 0) is 21.2 Å². The van der Waals surface area contributed by atoms with E-state index in [1.807, 2.05) is 19.1 Å². The molecular formula is C18H18N2O4S. The van der Waals surface area contributed by atoms with E-state index in [0.717, 1.165) is 12.0 Å². The van der Waals surface area contributed by atoms with Crippen molar-refractivity contribution in [2.75, 3.05) is 5.32 Å². The van der Waals surface area contributed by atoms with Gasteiger partial charge in [0.2, 0.25) is 5.91 Å². The van der Waals surface area contributed by atoms with Gasteiger partial charge in [-0.2, -0.15) is 0 Å². The van der Waals surface area contributed by atoms with Crippen LogP contribution in [0, 0.1) is 0 Å². The minimum absolute atomic E-state index is 0.0615. The lowest BCUT2D eigenvalue weighted by Crippen LogP contribution is -2.45. The molecule has 6 nitrogen and oxygen atoms in total. The minimum Gasteiger partial charge on any atom is -0.324 e. The first kappa shape index (κ1) is 17.2. The summed E-state index contributed by atoms with van der Waals surface area (Å²) in [6.07, 6.45) is 0.719. The summed E-state index contributed by atoms with van der Waals surface area (Å²) < 4.78 is 25.9. The zero-order valence-corrected chi connectivity index (χ0v) is 14.7.